The average molecular weight is 260 g/mol. The summed E-state index contributed by atoms with van der Waals surface area (Å²) < 4.78 is 13.6. The van der Waals surface area contributed by atoms with Crippen molar-refractivity contribution < 1.29 is 19.1 Å². The standard InChI is InChI=1S/C11H11ClFNO3/c1-6(11(16)17)14(2)10(15)7-4-3-5-8(12)9(7)13/h3-6H,1-2H3,(H,16,17). The zero-order valence-corrected chi connectivity index (χ0v) is 10.0. The number of halogens is 2. The number of likely N-dealkylation sites (N-methyl/N-ethyl adjacent to an activating group) is 1. The fourth-order valence-corrected chi connectivity index (χ4v) is 1.38. The van der Waals surface area contributed by atoms with E-state index >= 15 is 0 Å². The summed E-state index contributed by atoms with van der Waals surface area (Å²) in [4.78, 5) is 23.5. The van der Waals surface area contributed by atoms with Gasteiger partial charge in [0.25, 0.3) is 5.91 Å². The third-order valence-corrected chi connectivity index (χ3v) is 2.73. The zero-order chi connectivity index (χ0) is 13.2. The molecule has 0 aliphatic heterocycles. The molecule has 0 aliphatic rings. The van der Waals surface area contributed by atoms with Gasteiger partial charge in [0.2, 0.25) is 0 Å². The molecule has 1 unspecified atom stereocenters. The van der Waals surface area contributed by atoms with Crippen LogP contribution in [0.25, 0.3) is 0 Å². The predicted octanol–water partition coefficient (Wildman–Crippen LogP) is 2.02. The van der Waals surface area contributed by atoms with Gasteiger partial charge in [0, 0.05) is 7.05 Å². The van der Waals surface area contributed by atoms with E-state index in [0.717, 1.165) is 4.90 Å². The molecule has 17 heavy (non-hydrogen) atoms. The molecular weight excluding hydrogens is 249 g/mol. The van der Waals surface area contributed by atoms with Gasteiger partial charge in [-0.05, 0) is 19.1 Å². The summed E-state index contributed by atoms with van der Waals surface area (Å²) >= 11 is 5.54. The van der Waals surface area contributed by atoms with E-state index in [1.807, 2.05) is 0 Å². The van der Waals surface area contributed by atoms with Gasteiger partial charge >= 0.3 is 5.97 Å². The Kier molecular flexibility index (Phi) is 4.07. The number of carboxylic acids is 1. The molecular formula is C11H11ClFNO3. The lowest BCUT2D eigenvalue weighted by atomic mass is 10.1. The van der Waals surface area contributed by atoms with E-state index in [4.69, 9.17) is 16.7 Å². The Morgan fingerprint density at radius 3 is 2.59 bits per heavy atom. The first-order chi connectivity index (χ1) is 7.86. The van der Waals surface area contributed by atoms with E-state index in [1.54, 1.807) is 0 Å². The molecule has 0 radical (unpaired) electrons. The molecule has 0 spiro atoms. The average Bonchev–Trinajstić information content (AvgIpc) is 2.29. The fraction of sp³-hybridized carbons (Fsp3) is 0.273. The predicted molar refractivity (Wildman–Crippen MR) is 60.6 cm³/mol. The van der Waals surface area contributed by atoms with Gasteiger partial charge in [0.1, 0.15) is 6.04 Å². The molecule has 1 N–H and O–H groups in total. The Hall–Kier alpha value is -1.62. The largest absolute Gasteiger partial charge is 0.480 e. The molecule has 6 heteroatoms. The first-order valence-corrected chi connectivity index (χ1v) is 5.18. The van der Waals surface area contributed by atoms with Gasteiger partial charge in [-0.3, -0.25) is 4.79 Å². The molecule has 0 aromatic heterocycles. The smallest absolute Gasteiger partial charge is 0.326 e. The summed E-state index contributed by atoms with van der Waals surface area (Å²) in [5.74, 6) is -2.73. The quantitative estimate of drug-likeness (QED) is 0.904. The molecule has 0 bridgehead atoms. The minimum Gasteiger partial charge on any atom is -0.480 e. The van der Waals surface area contributed by atoms with E-state index in [1.165, 1.54) is 32.2 Å². The molecule has 0 heterocycles. The van der Waals surface area contributed by atoms with Gasteiger partial charge in [-0.25, -0.2) is 9.18 Å². The van der Waals surface area contributed by atoms with Crippen molar-refractivity contribution in [2.45, 2.75) is 13.0 Å². The molecule has 0 saturated heterocycles. The fourth-order valence-electron chi connectivity index (χ4n) is 1.20. The third kappa shape index (κ3) is 2.74. The minimum atomic E-state index is -1.16. The SMILES string of the molecule is CC(C(=O)O)N(C)C(=O)c1cccc(Cl)c1F. The first-order valence-electron chi connectivity index (χ1n) is 4.80. The number of benzene rings is 1. The molecule has 92 valence electrons. The Bertz CT molecular complexity index is 464. The third-order valence-electron chi connectivity index (χ3n) is 2.44. The number of aliphatic carboxylic acids is 1. The highest BCUT2D eigenvalue weighted by atomic mass is 35.5. The minimum absolute atomic E-state index is 0.174. The lowest BCUT2D eigenvalue weighted by Gasteiger charge is -2.21. The second-order valence-electron chi connectivity index (χ2n) is 3.53. The van der Waals surface area contributed by atoms with Gasteiger partial charge in [0.15, 0.2) is 5.82 Å². The van der Waals surface area contributed by atoms with E-state index in [2.05, 4.69) is 0 Å². The molecule has 4 nitrogen and oxygen atoms in total. The zero-order valence-electron chi connectivity index (χ0n) is 9.28. The van der Waals surface area contributed by atoms with Crippen LogP contribution >= 0.6 is 11.6 Å². The van der Waals surface area contributed by atoms with E-state index < -0.39 is 23.7 Å². The van der Waals surface area contributed by atoms with Gasteiger partial charge in [-0.2, -0.15) is 0 Å². The summed E-state index contributed by atoms with van der Waals surface area (Å²) in [7, 11) is 1.29. The number of carbonyl (C=O) groups excluding carboxylic acids is 1. The summed E-state index contributed by atoms with van der Waals surface area (Å²) in [6.45, 7) is 1.34. The van der Waals surface area contributed by atoms with Crippen molar-refractivity contribution in [3.63, 3.8) is 0 Å². The van der Waals surface area contributed by atoms with Crippen LogP contribution in [0.5, 0.6) is 0 Å². The first kappa shape index (κ1) is 13.4. The summed E-state index contributed by atoms with van der Waals surface area (Å²) in [5.41, 5.74) is -0.242. The number of amides is 1. The Morgan fingerprint density at radius 2 is 2.06 bits per heavy atom. The highest BCUT2D eigenvalue weighted by Crippen LogP contribution is 2.19. The molecule has 1 rings (SSSR count). The molecule has 0 fully saturated rings. The van der Waals surface area contributed by atoms with Crippen LogP contribution < -0.4 is 0 Å². The van der Waals surface area contributed by atoms with Crippen molar-refractivity contribution in [2.75, 3.05) is 7.05 Å². The number of hydrogen-bond donors (Lipinski definition) is 1. The van der Waals surface area contributed by atoms with Crippen molar-refractivity contribution >= 4 is 23.5 Å². The molecule has 1 amide bonds. The summed E-state index contributed by atoms with van der Waals surface area (Å²) in [6, 6.07) is 2.96. The normalized spacial score (nSPS) is 12.0. The summed E-state index contributed by atoms with van der Waals surface area (Å²) in [6.07, 6.45) is 0. The van der Waals surface area contributed by atoms with Crippen LogP contribution in [0.1, 0.15) is 17.3 Å². The molecule has 0 saturated carbocycles. The van der Waals surface area contributed by atoms with Crippen LogP contribution in [0.3, 0.4) is 0 Å². The van der Waals surface area contributed by atoms with Crippen LogP contribution in [-0.2, 0) is 4.79 Å². The maximum atomic E-state index is 13.6. The Morgan fingerprint density at radius 1 is 1.47 bits per heavy atom. The Labute approximate surface area is 103 Å². The highest BCUT2D eigenvalue weighted by molar-refractivity contribution is 6.31. The number of hydrogen-bond acceptors (Lipinski definition) is 2. The number of carbonyl (C=O) groups is 2. The lowest BCUT2D eigenvalue weighted by molar-refractivity contribution is -0.141. The lowest BCUT2D eigenvalue weighted by Crippen LogP contribution is -2.40. The number of carboxylic acid groups (broad SMARTS) is 1. The van der Waals surface area contributed by atoms with Crippen molar-refractivity contribution in [2.24, 2.45) is 0 Å². The van der Waals surface area contributed by atoms with Crippen molar-refractivity contribution in [3.8, 4) is 0 Å². The van der Waals surface area contributed by atoms with Crippen LogP contribution in [-0.4, -0.2) is 35.0 Å². The maximum absolute atomic E-state index is 13.6. The maximum Gasteiger partial charge on any atom is 0.326 e. The molecule has 1 atom stereocenters. The van der Waals surface area contributed by atoms with E-state index in [0.29, 0.717) is 0 Å². The molecule has 1 aromatic carbocycles. The topological polar surface area (TPSA) is 57.6 Å². The monoisotopic (exact) mass is 259 g/mol. The second kappa shape index (κ2) is 5.14. The van der Waals surface area contributed by atoms with Crippen LogP contribution in [0.4, 0.5) is 4.39 Å². The van der Waals surface area contributed by atoms with Crippen molar-refractivity contribution in [1.82, 2.24) is 4.90 Å². The molecule has 1 aromatic rings. The van der Waals surface area contributed by atoms with E-state index in [-0.39, 0.29) is 10.6 Å². The number of nitrogens with zero attached hydrogens (tertiary/aromatic N) is 1. The van der Waals surface area contributed by atoms with Crippen LogP contribution in [0.15, 0.2) is 18.2 Å². The van der Waals surface area contributed by atoms with Crippen LogP contribution in [0, 0.1) is 5.82 Å². The Balaban J connectivity index is 3.05. The van der Waals surface area contributed by atoms with Crippen molar-refractivity contribution in [3.05, 3.63) is 34.6 Å². The van der Waals surface area contributed by atoms with Gasteiger partial charge in [-0.15, -0.1) is 0 Å². The second-order valence-corrected chi connectivity index (χ2v) is 3.94. The number of rotatable bonds is 3. The van der Waals surface area contributed by atoms with Crippen molar-refractivity contribution in [1.29, 1.82) is 0 Å². The highest BCUT2D eigenvalue weighted by Gasteiger charge is 2.25. The molecule has 0 aliphatic carbocycles. The van der Waals surface area contributed by atoms with Gasteiger partial charge < -0.3 is 10.0 Å². The van der Waals surface area contributed by atoms with Gasteiger partial charge in [-0.1, -0.05) is 17.7 Å². The summed E-state index contributed by atoms with van der Waals surface area (Å²) in [5, 5.41) is 8.58. The van der Waals surface area contributed by atoms with Gasteiger partial charge in [0.05, 0.1) is 10.6 Å². The van der Waals surface area contributed by atoms with E-state index in [9.17, 15) is 14.0 Å². The van der Waals surface area contributed by atoms with Crippen LogP contribution in [0.2, 0.25) is 5.02 Å².